The van der Waals surface area contributed by atoms with Crippen LogP contribution in [0.3, 0.4) is 0 Å². The first-order chi connectivity index (χ1) is 7.54. The minimum atomic E-state index is -0.631. The van der Waals surface area contributed by atoms with Gasteiger partial charge in [0.25, 0.3) is 0 Å². The van der Waals surface area contributed by atoms with Gasteiger partial charge < -0.3 is 4.74 Å². The van der Waals surface area contributed by atoms with Crippen molar-refractivity contribution in [2.24, 2.45) is 5.92 Å². The van der Waals surface area contributed by atoms with E-state index in [1.165, 1.54) is 17.8 Å². The second-order valence-electron chi connectivity index (χ2n) is 3.95. The van der Waals surface area contributed by atoms with Gasteiger partial charge in [-0.15, -0.1) is 11.8 Å². The summed E-state index contributed by atoms with van der Waals surface area (Å²) in [5, 5.41) is 0. The van der Waals surface area contributed by atoms with Gasteiger partial charge in [0.2, 0.25) is 0 Å². The van der Waals surface area contributed by atoms with E-state index in [9.17, 15) is 8.78 Å². The summed E-state index contributed by atoms with van der Waals surface area (Å²) in [6.45, 7) is 4.59. The zero-order chi connectivity index (χ0) is 12.1. The predicted molar refractivity (Wildman–Crippen MR) is 63.1 cm³/mol. The fraction of sp³-hybridized carbons (Fsp3) is 0.500. The number of ether oxygens (including phenoxy) is 1. The summed E-state index contributed by atoms with van der Waals surface area (Å²) in [5.74, 6) is -0.540. The summed E-state index contributed by atoms with van der Waals surface area (Å²) in [4.78, 5) is 0.501. The van der Waals surface area contributed by atoms with Crippen molar-refractivity contribution >= 4 is 11.8 Å². The van der Waals surface area contributed by atoms with Crippen molar-refractivity contribution in [3.8, 4) is 5.75 Å². The van der Waals surface area contributed by atoms with Crippen molar-refractivity contribution in [1.29, 1.82) is 0 Å². The van der Waals surface area contributed by atoms with E-state index in [0.717, 1.165) is 12.5 Å². The molecule has 0 atom stereocenters. The van der Waals surface area contributed by atoms with Gasteiger partial charge in [-0.3, -0.25) is 0 Å². The molecule has 0 N–H and O–H groups in total. The van der Waals surface area contributed by atoms with Crippen molar-refractivity contribution in [2.45, 2.75) is 25.2 Å². The summed E-state index contributed by atoms with van der Waals surface area (Å²) in [7, 11) is 0. The van der Waals surface area contributed by atoms with Crippen LogP contribution in [-0.4, -0.2) is 12.9 Å². The first-order valence-corrected chi connectivity index (χ1v) is 6.43. The zero-order valence-corrected chi connectivity index (χ0v) is 10.5. The minimum Gasteiger partial charge on any atom is -0.489 e. The number of hydrogen-bond acceptors (Lipinski definition) is 2. The maximum atomic E-state index is 13.4. The Hall–Kier alpha value is -0.770. The third-order valence-corrected chi connectivity index (χ3v) is 2.88. The molecule has 0 spiro atoms. The molecule has 90 valence electrons. The van der Waals surface area contributed by atoms with Crippen LogP contribution in [0.15, 0.2) is 17.0 Å². The predicted octanol–water partition coefficient (Wildman–Crippen LogP) is 4.11. The average Bonchev–Trinajstić information content (AvgIpc) is 2.20. The standard InChI is InChI=1S/C12H16F2OS/c1-8(2)4-5-15-12-10(14)6-9(13)7-11(12)16-3/h6-8H,4-5H2,1-3H3. The fourth-order valence-corrected chi connectivity index (χ4v) is 1.80. The van der Waals surface area contributed by atoms with Gasteiger partial charge in [-0.25, -0.2) is 8.78 Å². The van der Waals surface area contributed by atoms with E-state index >= 15 is 0 Å². The molecule has 0 fully saturated rings. The number of hydrogen-bond donors (Lipinski definition) is 0. The van der Waals surface area contributed by atoms with Gasteiger partial charge in [-0.1, -0.05) is 13.8 Å². The Bertz CT molecular complexity index is 353. The van der Waals surface area contributed by atoms with Crippen molar-refractivity contribution in [1.82, 2.24) is 0 Å². The summed E-state index contributed by atoms with van der Waals surface area (Å²) >= 11 is 1.28. The van der Waals surface area contributed by atoms with Crippen LogP contribution < -0.4 is 4.74 Å². The normalized spacial score (nSPS) is 10.9. The number of rotatable bonds is 5. The van der Waals surface area contributed by atoms with E-state index in [1.54, 1.807) is 6.26 Å². The summed E-state index contributed by atoms with van der Waals surface area (Å²) in [6.07, 6.45) is 2.62. The molecule has 0 saturated carbocycles. The lowest BCUT2D eigenvalue weighted by Gasteiger charge is -2.12. The lowest BCUT2D eigenvalue weighted by atomic mass is 10.1. The molecule has 16 heavy (non-hydrogen) atoms. The van der Waals surface area contributed by atoms with Crippen LogP contribution in [0.4, 0.5) is 8.78 Å². The number of halogens is 2. The molecule has 0 aliphatic carbocycles. The Morgan fingerprint density at radius 3 is 2.56 bits per heavy atom. The monoisotopic (exact) mass is 246 g/mol. The third kappa shape index (κ3) is 3.67. The summed E-state index contributed by atoms with van der Waals surface area (Å²) in [6, 6.07) is 2.14. The topological polar surface area (TPSA) is 9.23 Å². The van der Waals surface area contributed by atoms with Crippen LogP contribution in [0.5, 0.6) is 5.75 Å². The maximum absolute atomic E-state index is 13.4. The van der Waals surface area contributed by atoms with Crippen molar-refractivity contribution in [3.63, 3.8) is 0 Å². The molecule has 0 unspecified atom stereocenters. The molecule has 0 aliphatic rings. The van der Waals surface area contributed by atoms with Gasteiger partial charge in [0.15, 0.2) is 11.6 Å². The molecule has 1 rings (SSSR count). The van der Waals surface area contributed by atoms with Crippen LogP contribution in [0.1, 0.15) is 20.3 Å². The first kappa shape index (κ1) is 13.3. The van der Waals surface area contributed by atoms with Gasteiger partial charge in [0, 0.05) is 6.07 Å². The molecule has 0 aromatic heterocycles. The van der Waals surface area contributed by atoms with Crippen LogP contribution in [0.25, 0.3) is 0 Å². The SMILES string of the molecule is CSc1cc(F)cc(F)c1OCCC(C)C. The molecule has 1 aromatic rings. The third-order valence-electron chi connectivity index (χ3n) is 2.14. The Labute approximate surface area is 99.2 Å². The molecular formula is C12H16F2OS. The van der Waals surface area contributed by atoms with Crippen LogP contribution in [0.2, 0.25) is 0 Å². The van der Waals surface area contributed by atoms with Gasteiger partial charge in [0.05, 0.1) is 11.5 Å². The van der Waals surface area contributed by atoms with Crippen molar-refractivity contribution < 1.29 is 13.5 Å². The Morgan fingerprint density at radius 1 is 1.31 bits per heavy atom. The van der Waals surface area contributed by atoms with Gasteiger partial charge in [-0.05, 0) is 24.7 Å². The number of thioether (sulfide) groups is 1. The van der Waals surface area contributed by atoms with Crippen molar-refractivity contribution in [2.75, 3.05) is 12.9 Å². The van der Waals surface area contributed by atoms with Gasteiger partial charge in [-0.2, -0.15) is 0 Å². The van der Waals surface area contributed by atoms with E-state index in [1.807, 2.05) is 0 Å². The Balaban J connectivity index is 2.77. The average molecular weight is 246 g/mol. The smallest absolute Gasteiger partial charge is 0.169 e. The molecule has 0 heterocycles. The molecule has 0 amide bonds. The van der Waals surface area contributed by atoms with E-state index in [0.29, 0.717) is 17.4 Å². The second kappa shape index (κ2) is 6.09. The minimum absolute atomic E-state index is 0.162. The van der Waals surface area contributed by atoms with Crippen molar-refractivity contribution in [3.05, 3.63) is 23.8 Å². The van der Waals surface area contributed by atoms with Crippen LogP contribution in [-0.2, 0) is 0 Å². The van der Waals surface area contributed by atoms with E-state index in [2.05, 4.69) is 13.8 Å². The summed E-state index contributed by atoms with van der Waals surface area (Å²) in [5.41, 5.74) is 0. The highest BCUT2D eigenvalue weighted by atomic mass is 32.2. The molecule has 0 saturated heterocycles. The molecule has 1 aromatic carbocycles. The zero-order valence-electron chi connectivity index (χ0n) is 9.72. The van der Waals surface area contributed by atoms with Gasteiger partial charge in [0.1, 0.15) is 5.82 Å². The molecule has 4 heteroatoms. The highest BCUT2D eigenvalue weighted by Gasteiger charge is 2.12. The maximum Gasteiger partial charge on any atom is 0.169 e. The Kier molecular flexibility index (Phi) is 5.06. The molecular weight excluding hydrogens is 230 g/mol. The second-order valence-corrected chi connectivity index (χ2v) is 4.80. The highest BCUT2D eigenvalue weighted by molar-refractivity contribution is 7.98. The van der Waals surface area contributed by atoms with E-state index in [-0.39, 0.29) is 5.75 Å². The largest absolute Gasteiger partial charge is 0.489 e. The molecule has 0 bridgehead atoms. The molecule has 0 aliphatic heterocycles. The lowest BCUT2D eigenvalue weighted by Crippen LogP contribution is -2.04. The molecule has 0 radical (unpaired) electrons. The first-order valence-electron chi connectivity index (χ1n) is 5.20. The highest BCUT2D eigenvalue weighted by Crippen LogP contribution is 2.31. The molecule has 1 nitrogen and oxygen atoms in total. The number of benzene rings is 1. The quantitative estimate of drug-likeness (QED) is 0.723. The summed E-state index contributed by atoms with van der Waals surface area (Å²) < 4.78 is 31.7. The fourth-order valence-electron chi connectivity index (χ4n) is 1.23. The van der Waals surface area contributed by atoms with Gasteiger partial charge >= 0.3 is 0 Å². The van der Waals surface area contributed by atoms with Crippen LogP contribution in [0, 0.1) is 17.6 Å². The lowest BCUT2D eigenvalue weighted by molar-refractivity contribution is 0.269. The van der Waals surface area contributed by atoms with E-state index < -0.39 is 11.6 Å². The van der Waals surface area contributed by atoms with E-state index in [4.69, 9.17) is 4.74 Å². The van der Waals surface area contributed by atoms with Crippen LogP contribution >= 0.6 is 11.8 Å². The Morgan fingerprint density at radius 2 is 2.00 bits per heavy atom.